The number of hydrogen-bond donors (Lipinski definition) is 2. The topological polar surface area (TPSA) is 91.5 Å². The van der Waals surface area contributed by atoms with Crippen molar-refractivity contribution >= 4 is 32.5 Å². The molecule has 28 heavy (non-hydrogen) atoms. The van der Waals surface area contributed by atoms with Crippen LogP contribution in [0, 0.1) is 5.82 Å². The number of amides is 1. The first-order chi connectivity index (χ1) is 13.2. The van der Waals surface area contributed by atoms with Crippen molar-refractivity contribution < 1.29 is 22.3 Å². The number of nitrogens with zero attached hydrogens (tertiary/aromatic N) is 1. The van der Waals surface area contributed by atoms with E-state index in [-0.39, 0.29) is 16.3 Å². The molecule has 1 amide bonds. The van der Waals surface area contributed by atoms with E-state index >= 15 is 0 Å². The number of carbonyl (C=O) groups excluding carboxylic acids is 1. The molecule has 9 heteroatoms. The van der Waals surface area contributed by atoms with E-state index < -0.39 is 21.7 Å². The molecule has 2 aromatic carbocycles. The van der Waals surface area contributed by atoms with Crippen LogP contribution >= 0.6 is 0 Å². The van der Waals surface area contributed by atoms with Crippen LogP contribution in [0.15, 0.2) is 47.4 Å². The Balaban J connectivity index is 1.93. The Labute approximate surface area is 162 Å². The molecule has 0 fully saturated rings. The number of fused-ring (bicyclic) bond motifs is 1. The number of nitrogens with one attached hydrogen (secondary N) is 2. The van der Waals surface area contributed by atoms with Crippen LogP contribution in [0.5, 0.6) is 5.75 Å². The number of rotatable bonds is 6. The van der Waals surface area contributed by atoms with Gasteiger partial charge in [0.15, 0.2) is 0 Å². The van der Waals surface area contributed by atoms with Gasteiger partial charge in [0.25, 0.3) is 5.91 Å². The zero-order chi connectivity index (χ0) is 20.5. The van der Waals surface area contributed by atoms with Gasteiger partial charge >= 0.3 is 0 Å². The van der Waals surface area contributed by atoms with E-state index in [1.165, 1.54) is 44.4 Å². The van der Waals surface area contributed by atoms with Crippen molar-refractivity contribution in [1.29, 1.82) is 0 Å². The molecule has 0 saturated carbocycles. The standard InChI is InChI=1S/C19H20FN3O4S/c1-4-27-17-8-6-14(11-18(17)28(25,26)23(2)3)21-19(24)16-10-12-9-13(20)5-7-15(12)22-16/h5-11,22H,4H2,1-3H3,(H,21,24). The number of hydrogen-bond acceptors (Lipinski definition) is 4. The summed E-state index contributed by atoms with van der Waals surface area (Å²) in [7, 11) is -0.937. The minimum absolute atomic E-state index is 0.0455. The van der Waals surface area contributed by atoms with Crippen LogP contribution in [-0.2, 0) is 10.0 Å². The molecule has 0 aliphatic rings. The van der Waals surface area contributed by atoms with Crippen LogP contribution in [0.3, 0.4) is 0 Å². The minimum Gasteiger partial charge on any atom is -0.492 e. The van der Waals surface area contributed by atoms with Crippen molar-refractivity contribution in [1.82, 2.24) is 9.29 Å². The molecule has 7 nitrogen and oxygen atoms in total. The normalized spacial score (nSPS) is 11.8. The predicted octanol–water partition coefficient (Wildman–Crippen LogP) is 3.21. The first kappa shape index (κ1) is 19.8. The van der Waals surface area contributed by atoms with Crippen LogP contribution in [0.4, 0.5) is 10.1 Å². The van der Waals surface area contributed by atoms with Crippen LogP contribution in [-0.4, -0.2) is 44.3 Å². The van der Waals surface area contributed by atoms with Crippen molar-refractivity contribution in [3.8, 4) is 5.75 Å². The van der Waals surface area contributed by atoms with Gasteiger partial charge < -0.3 is 15.0 Å². The number of benzene rings is 2. The maximum atomic E-state index is 13.3. The molecule has 148 valence electrons. The Morgan fingerprint density at radius 2 is 1.93 bits per heavy atom. The van der Waals surface area contributed by atoms with Gasteiger partial charge in [-0.25, -0.2) is 17.1 Å². The highest BCUT2D eigenvalue weighted by atomic mass is 32.2. The number of anilines is 1. The van der Waals surface area contributed by atoms with Gasteiger partial charge in [0.2, 0.25) is 10.0 Å². The van der Waals surface area contributed by atoms with Gasteiger partial charge in [-0.1, -0.05) is 0 Å². The number of H-pyrrole nitrogens is 1. The summed E-state index contributed by atoms with van der Waals surface area (Å²) >= 11 is 0. The Bertz CT molecular complexity index is 1140. The third kappa shape index (κ3) is 3.85. The van der Waals surface area contributed by atoms with Gasteiger partial charge in [-0.3, -0.25) is 4.79 Å². The lowest BCUT2D eigenvalue weighted by molar-refractivity contribution is 0.102. The number of aromatic nitrogens is 1. The molecule has 0 spiro atoms. The highest BCUT2D eigenvalue weighted by Gasteiger charge is 2.23. The Morgan fingerprint density at radius 3 is 2.61 bits per heavy atom. The number of ether oxygens (including phenoxy) is 1. The lowest BCUT2D eigenvalue weighted by Crippen LogP contribution is -2.23. The van der Waals surface area contributed by atoms with E-state index in [9.17, 15) is 17.6 Å². The second kappa shape index (κ2) is 7.61. The monoisotopic (exact) mass is 405 g/mol. The van der Waals surface area contributed by atoms with Gasteiger partial charge in [-0.15, -0.1) is 0 Å². The van der Waals surface area contributed by atoms with Crippen LogP contribution < -0.4 is 10.1 Å². The van der Waals surface area contributed by atoms with Gasteiger partial charge in [-0.05, 0) is 49.4 Å². The van der Waals surface area contributed by atoms with Crippen molar-refractivity contribution in [2.45, 2.75) is 11.8 Å². The summed E-state index contributed by atoms with van der Waals surface area (Å²) < 4.78 is 45.0. The molecular weight excluding hydrogens is 385 g/mol. The summed E-state index contributed by atoms with van der Waals surface area (Å²) in [6, 6.07) is 10.1. The largest absolute Gasteiger partial charge is 0.492 e. The fourth-order valence-corrected chi connectivity index (χ4v) is 3.73. The Morgan fingerprint density at radius 1 is 1.18 bits per heavy atom. The summed E-state index contributed by atoms with van der Waals surface area (Å²) in [6.45, 7) is 2.05. The van der Waals surface area contributed by atoms with E-state index in [0.717, 1.165) is 4.31 Å². The van der Waals surface area contributed by atoms with Crippen LogP contribution in [0.25, 0.3) is 10.9 Å². The zero-order valence-corrected chi connectivity index (χ0v) is 16.4. The molecule has 1 aromatic heterocycles. The zero-order valence-electron chi connectivity index (χ0n) is 15.6. The summed E-state index contributed by atoms with van der Waals surface area (Å²) in [6.07, 6.45) is 0. The molecule has 1 heterocycles. The van der Waals surface area contributed by atoms with Crippen molar-refractivity contribution in [2.24, 2.45) is 0 Å². The number of aromatic amines is 1. The third-order valence-corrected chi connectivity index (χ3v) is 5.92. The summed E-state index contributed by atoms with van der Waals surface area (Å²) in [5.74, 6) is -0.673. The van der Waals surface area contributed by atoms with E-state index in [2.05, 4.69) is 10.3 Å². The van der Waals surface area contributed by atoms with Crippen LogP contribution in [0.1, 0.15) is 17.4 Å². The molecule has 0 unspecified atom stereocenters. The fraction of sp³-hybridized carbons (Fsp3) is 0.211. The summed E-state index contributed by atoms with van der Waals surface area (Å²) in [5, 5.41) is 3.21. The average Bonchev–Trinajstić information content (AvgIpc) is 3.06. The molecule has 0 aliphatic carbocycles. The maximum absolute atomic E-state index is 13.3. The van der Waals surface area contributed by atoms with Gasteiger partial charge in [0.05, 0.1) is 6.61 Å². The summed E-state index contributed by atoms with van der Waals surface area (Å²) in [5.41, 5.74) is 1.14. The molecule has 0 atom stereocenters. The lowest BCUT2D eigenvalue weighted by atomic mass is 10.2. The lowest BCUT2D eigenvalue weighted by Gasteiger charge is -2.16. The molecule has 0 saturated heterocycles. The number of sulfonamides is 1. The number of carbonyl (C=O) groups is 1. The highest BCUT2D eigenvalue weighted by Crippen LogP contribution is 2.29. The predicted molar refractivity (Wildman–Crippen MR) is 105 cm³/mol. The van der Waals surface area contributed by atoms with E-state index in [1.54, 1.807) is 19.1 Å². The first-order valence-electron chi connectivity index (χ1n) is 8.51. The molecule has 0 radical (unpaired) electrons. The molecule has 0 bridgehead atoms. The molecule has 3 aromatic rings. The smallest absolute Gasteiger partial charge is 0.272 e. The number of halogens is 1. The fourth-order valence-electron chi connectivity index (χ4n) is 2.68. The van der Waals surface area contributed by atoms with Crippen LogP contribution in [0.2, 0.25) is 0 Å². The van der Waals surface area contributed by atoms with Gasteiger partial charge in [0.1, 0.15) is 22.2 Å². The minimum atomic E-state index is -3.77. The quantitative estimate of drug-likeness (QED) is 0.659. The summed E-state index contributed by atoms with van der Waals surface area (Å²) in [4.78, 5) is 15.4. The van der Waals surface area contributed by atoms with Crippen molar-refractivity contribution in [3.63, 3.8) is 0 Å². The highest BCUT2D eigenvalue weighted by molar-refractivity contribution is 7.89. The third-order valence-electron chi connectivity index (χ3n) is 4.09. The Hall–Kier alpha value is -2.91. The van der Waals surface area contributed by atoms with E-state index in [1.807, 2.05) is 0 Å². The SMILES string of the molecule is CCOc1ccc(NC(=O)c2cc3cc(F)ccc3[nH]2)cc1S(=O)(=O)N(C)C. The van der Waals surface area contributed by atoms with Gasteiger partial charge in [0, 0.05) is 30.7 Å². The van der Waals surface area contributed by atoms with Crippen molar-refractivity contribution in [2.75, 3.05) is 26.0 Å². The molecule has 0 aliphatic heterocycles. The first-order valence-corrected chi connectivity index (χ1v) is 9.95. The second-order valence-electron chi connectivity index (χ2n) is 6.25. The average molecular weight is 405 g/mol. The molecular formula is C19H20FN3O4S. The van der Waals surface area contributed by atoms with Gasteiger partial charge in [-0.2, -0.15) is 0 Å². The Kier molecular flexibility index (Phi) is 5.39. The molecule has 2 N–H and O–H groups in total. The molecule has 3 rings (SSSR count). The van der Waals surface area contributed by atoms with E-state index in [4.69, 9.17) is 4.74 Å². The van der Waals surface area contributed by atoms with E-state index in [0.29, 0.717) is 23.2 Å². The van der Waals surface area contributed by atoms with Crippen molar-refractivity contribution in [3.05, 3.63) is 54.0 Å². The maximum Gasteiger partial charge on any atom is 0.272 e. The second-order valence-corrected chi connectivity index (χ2v) is 8.37.